The predicted molar refractivity (Wildman–Crippen MR) is 73.0 cm³/mol. The molecule has 0 bridgehead atoms. The van der Waals surface area contributed by atoms with E-state index >= 15 is 0 Å². The Balaban J connectivity index is 2.36. The van der Waals surface area contributed by atoms with Crippen LogP contribution in [0.15, 0.2) is 12.4 Å². The maximum atomic E-state index is 4.39. The van der Waals surface area contributed by atoms with E-state index in [9.17, 15) is 0 Å². The van der Waals surface area contributed by atoms with Crippen molar-refractivity contribution in [1.29, 1.82) is 0 Å². The highest BCUT2D eigenvalue weighted by Crippen LogP contribution is 2.17. The molecule has 98 valence electrons. The standard InChI is InChI=1S/C14H27N3/c1-13(2,3)7-8-15-9-12-10-16-17(11-12)14(4,5)6/h10-11,15H,7-9H2,1-6H3. The molecule has 17 heavy (non-hydrogen) atoms. The minimum Gasteiger partial charge on any atom is -0.313 e. The largest absolute Gasteiger partial charge is 0.313 e. The normalized spacial score (nSPS) is 13.1. The van der Waals surface area contributed by atoms with Crippen LogP contribution in [0.3, 0.4) is 0 Å². The first-order valence-corrected chi connectivity index (χ1v) is 6.43. The monoisotopic (exact) mass is 237 g/mol. The van der Waals surface area contributed by atoms with Gasteiger partial charge in [0, 0.05) is 18.3 Å². The summed E-state index contributed by atoms with van der Waals surface area (Å²) in [7, 11) is 0. The third-order valence-corrected chi connectivity index (χ3v) is 2.70. The maximum Gasteiger partial charge on any atom is 0.0543 e. The molecule has 0 aliphatic rings. The summed E-state index contributed by atoms with van der Waals surface area (Å²) in [5.41, 5.74) is 1.74. The molecule has 0 atom stereocenters. The Morgan fingerprint density at radius 3 is 2.29 bits per heavy atom. The van der Waals surface area contributed by atoms with Crippen molar-refractivity contribution in [3.8, 4) is 0 Å². The summed E-state index contributed by atoms with van der Waals surface area (Å²) in [6, 6.07) is 0. The highest BCUT2D eigenvalue weighted by molar-refractivity contribution is 5.04. The van der Waals surface area contributed by atoms with E-state index in [4.69, 9.17) is 0 Å². The maximum absolute atomic E-state index is 4.39. The number of aromatic nitrogens is 2. The second kappa shape index (κ2) is 5.21. The summed E-state index contributed by atoms with van der Waals surface area (Å²) < 4.78 is 2.02. The lowest BCUT2D eigenvalue weighted by Gasteiger charge is -2.19. The van der Waals surface area contributed by atoms with Gasteiger partial charge in [0.25, 0.3) is 0 Å². The molecule has 0 aromatic carbocycles. The van der Waals surface area contributed by atoms with E-state index in [2.05, 4.69) is 58.2 Å². The average Bonchev–Trinajstić information content (AvgIpc) is 2.58. The van der Waals surface area contributed by atoms with Gasteiger partial charge in [-0.1, -0.05) is 20.8 Å². The van der Waals surface area contributed by atoms with E-state index in [0.717, 1.165) is 13.1 Å². The van der Waals surface area contributed by atoms with E-state index in [0.29, 0.717) is 5.41 Å². The van der Waals surface area contributed by atoms with E-state index in [1.807, 2.05) is 10.9 Å². The molecule has 1 rings (SSSR count). The van der Waals surface area contributed by atoms with E-state index < -0.39 is 0 Å². The molecule has 3 nitrogen and oxygen atoms in total. The van der Waals surface area contributed by atoms with Crippen LogP contribution in [0.4, 0.5) is 0 Å². The number of nitrogens with zero attached hydrogens (tertiary/aromatic N) is 2. The van der Waals surface area contributed by atoms with Gasteiger partial charge in [-0.25, -0.2) is 0 Å². The quantitative estimate of drug-likeness (QED) is 0.815. The van der Waals surface area contributed by atoms with Crippen molar-refractivity contribution in [2.24, 2.45) is 5.41 Å². The number of hydrogen-bond acceptors (Lipinski definition) is 2. The minimum atomic E-state index is 0.0731. The fourth-order valence-corrected chi connectivity index (χ4v) is 1.51. The molecule has 0 amide bonds. The second-order valence-corrected chi connectivity index (χ2v) is 6.95. The number of hydrogen-bond donors (Lipinski definition) is 1. The molecule has 0 unspecified atom stereocenters. The molecule has 1 N–H and O–H groups in total. The van der Waals surface area contributed by atoms with Crippen LogP contribution in [-0.4, -0.2) is 16.3 Å². The van der Waals surface area contributed by atoms with Crippen LogP contribution in [0.25, 0.3) is 0 Å². The SMILES string of the molecule is CC(C)(C)CCNCc1cnn(C(C)(C)C)c1. The highest BCUT2D eigenvalue weighted by Gasteiger charge is 2.14. The molecule has 0 saturated heterocycles. The molecule has 1 aromatic heterocycles. The summed E-state index contributed by atoms with van der Waals surface area (Å²) in [5, 5.41) is 7.86. The Morgan fingerprint density at radius 2 is 1.82 bits per heavy atom. The summed E-state index contributed by atoms with van der Waals surface area (Å²) >= 11 is 0. The average molecular weight is 237 g/mol. The van der Waals surface area contributed by atoms with Gasteiger partial charge in [-0.15, -0.1) is 0 Å². The van der Waals surface area contributed by atoms with Crippen LogP contribution in [0, 0.1) is 5.41 Å². The second-order valence-electron chi connectivity index (χ2n) is 6.95. The predicted octanol–water partition coefficient (Wildman–Crippen LogP) is 3.16. The molecule has 0 fully saturated rings. The lowest BCUT2D eigenvalue weighted by Crippen LogP contribution is -2.22. The van der Waals surface area contributed by atoms with Crippen LogP contribution in [0.1, 0.15) is 53.5 Å². The molecule has 0 aliphatic heterocycles. The molecular weight excluding hydrogens is 210 g/mol. The first kappa shape index (κ1) is 14.2. The Bertz CT molecular complexity index is 339. The van der Waals surface area contributed by atoms with Gasteiger partial charge >= 0.3 is 0 Å². The topological polar surface area (TPSA) is 29.9 Å². The number of nitrogens with one attached hydrogen (secondary N) is 1. The molecular formula is C14H27N3. The fraction of sp³-hybridized carbons (Fsp3) is 0.786. The van der Waals surface area contributed by atoms with Gasteiger partial charge in [0.1, 0.15) is 0 Å². The Labute approximate surface area is 106 Å². The van der Waals surface area contributed by atoms with Gasteiger partial charge < -0.3 is 5.32 Å². The van der Waals surface area contributed by atoms with Crippen LogP contribution in [0.5, 0.6) is 0 Å². The van der Waals surface area contributed by atoms with Gasteiger partial charge in [0.15, 0.2) is 0 Å². The minimum absolute atomic E-state index is 0.0731. The first-order chi connectivity index (χ1) is 7.68. The first-order valence-electron chi connectivity index (χ1n) is 6.43. The molecule has 1 aromatic rings. The lowest BCUT2D eigenvalue weighted by atomic mass is 9.92. The van der Waals surface area contributed by atoms with Gasteiger partial charge in [0.2, 0.25) is 0 Å². The van der Waals surface area contributed by atoms with Gasteiger partial charge in [-0.05, 0) is 39.2 Å². The smallest absolute Gasteiger partial charge is 0.0543 e. The van der Waals surface area contributed by atoms with Crippen molar-refractivity contribution in [3.63, 3.8) is 0 Å². The Kier molecular flexibility index (Phi) is 4.36. The van der Waals surface area contributed by atoms with Crippen molar-refractivity contribution in [1.82, 2.24) is 15.1 Å². The van der Waals surface area contributed by atoms with E-state index in [1.54, 1.807) is 0 Å². The van der Waals surface area contributed by atoms with Crippen LogP contribution in [0.2, 0.25) is 0 Å². The van der Waals surface area contributed by atoms with Crippen molar-refractivity contribution in [2.75, 3.05) is 6.54 Å². The van der Waals surface area contributed by atoms with Crippen LogP contribution < -0.4 is 5.32 Å². The lowest BCUT2D eigenvalue weighted by molar-refractivity contribution is 0.355. The molecule has 0 spiro atoms. The molecule has 0 saturated carbocycles. The van der Waals surface area contributed by atoms with E-state index in [-0.39, 0.29) is 5.54 Å². The van der Waals surface area contributed by atoms with Crippen molar-refractivity contribution in [3.05, 3.63) is 18.0 Å². The summed E-state index contributed by atoms with van der Waals surface area (Å²) in [6.07, 6.45) is 5.28. The van der Waals surface area contributed by atoms with Crippen LogP contribution >= 0.6 is 0 Å². The zero-order valence-corrected chi connectivity index (χ0v) is 12.2. The van der Waals surface area contributed by atoms with E-state index in [1.165, 1.54) is 12.0 Å². The molecule has 3 heteroatoms. The molecule has 0 aliphatic carbocycles. The summed E-state index contributed by atoms with van der Waals surface area (Å²) in [4.78, 5) is 0. The fourth-order valence-electron chi connectivity index (χ4n) is 1.51. The van der Waals surface area contributed by atoms with Gasteiger partial charge in [-0.2, -0.15) is 5.10 Å². The summed E-state index contributed by atoms with van der Waals surface area (Å²) in [6.45, 7) is 15.3. The van der Waals surface area contributed by atoms with Crippen molar-refractivity contribution < 1.29 is 0 Å². The van der Waals surface area contributed by atoms with Gasteiger partial charge in [0.05, 0.1) is 11.7 Å². The Morgan fingerprint density at radius 1 is 1.18 bits per heavy atom. The molecule has 1 heterocycles. The summed E-state index contributed by atoms with van der Waals surface area (Å²) in [5.74, 6) is 0. The van der Waals surface area contributed by atoms with Gasteiger partial charge in [-0.3, -0.25) is 4.68 Å². The third kappa shape index (κ3) is 5.35. The zero-order valence-electron chi connectivity index (χ0n) is 12.2. The number of rotatable bonds is 4. The van der Waals surface area contributed by atoms with Crippen molar-refractivity contribution in [2.45, 2.75) is 60.0 Å². The highest BCUT2D eigenvalue weighted by atomic mass is 15.3. The molecule has 0 radical (unpaired) electrons. The third-order valence-electron chi connectivity index (χ3n) is 2.70. The Hall–Kier alpha value is -0.830. The zero-order chi connectivity index (χ0) is 13.1. The van der Waals surface area contributed by atoms with Crippen molar-refractivity contribution >= 4 is 0 Å². The van der Waals surface area contributed by atoms with Crippen LogP contribution in [-0.2, 0) is 12.1 Å².